The Morgan fingerprint density at radius 1 is 0.339 bits per heavy atom. The van der Waals surface area contributed by atoms with Crippen molar-refractivity contribution in [1.29, 1.82) is 0 Å². The van der Waals surface area contributed by atoms with Gasteiger partial charge in [0.05, 0.1) is 0 Å². The van der Waals surface area contributed by atoms with Crippen LogP contribution in [0, 0.1) is 11.6 Å². The number of rotatable bonds is 8. The second kappa shape index (κ2) is 15.5. The third-order valence-electron chi connectivity index (χ3n) is 11.8. The van der Waals surface area contributed by atoms with E-state index in [4.69, 9.17) is 4.42 Å². The van der Waals surface area contributed by atoms with Gasteiger partial charge in [-0.25, -0.2) is 8.78 Å². The molecule has 0 spiro atoms. The van der Waals surface area contributed by atoms with Gasteiger partial charge in [-0.2, -0.15) is 0 Å². The molecule has 0 aliphatic heterocycles. The molecule has 10 aromatic carbocycles. The van der Waals surface area contributed by atoms with Crippen molar-refractivity contribution in [3.05, 3.63) is 236 Å². The lowest BCUT2D eigenvalue weighted by Crippen LogP contribution is -2.09. The van der Waals surface area contributed by atoms with E-state index in [1.807, 2.05) is 127 Å². The van der Waals surface area contributed by atoms with Gasteiger partial charge in [0.1, 0.15) is 23.0 Å². The highest BCUT2D eigenvalue weighted by atomic mass is 19.1. The van der Waals surface area contributed by atoms with Crippen molar-refractivity contribution < 1.29 is 13.2 Å². The van der Waals surface area contributed by atoms with E-state index in [0.717, 1.165) is 77.7 Å². The van der Waals surface area contributed by atoms with Crippen LogP contribution in [-0.2, 0) is 0 Å². The third kappa shape index (κ3) is 6.59. The largest absolute Gasteiger partial charge is 0.455 e. The molecule has 294 valence electrons. The van der Waals surface area contributed by atoms with E-state index in [1.165, 1.54) is 12.1 Å². The lowest BCUT2D eigenvalue weighted by Gasteiger charge is -2.26. The monoisotopic (exact) mass is 801 g/mol. The molecule has 0 aliphatic rings. The fourth-order valence-corrected chi connectivity index (χ4v) is 8.82. The first kappa shape index (κ1) is 37.0. The van der Waals surface area contributed by atoms with Crippen LogP contribution >= 0.6 is 0 Å². The highest BCUT2D eigenvalue weighted by molar-refractivity contribution is 6.29. The Balaban J connectivity index is 1.05. The normalized spacial score (nSPS) is 11.4. The minimum absolute atomic E-state index is 0.362. The number of halogens is 2. The van der Waals surface area contributed by atoms with Crippen LogP contribution in [0.2, 0.25) is 0 Å². The predicted octanol–water partition coefficient (Wildman–Crippen LogP) is 16.8. The molecule has 0 saturated carbocycles. The number of benzene rings is 10. The zero-order chi connectivity index (χ0) is 41.6. The zero-order valence-corrected chi connectivity index (χ0v) is 33.5. The van der Waals surface area contributed by atoms with Crippen LogP contribution in [0.15, 0.2) is 229 Å². The first-order valence-corrected chi connectivity index (χ1v) is 20.7. The lowest BCUT2D eigenvalue weighted by atomic mass is 9.90. The van der Waals surface area contributed by atoms with Crippen LogP contribution in [0.3, 0.4) is 0 Å². The maximum atomic E-state index is 16.9. The van der Waals surface area contributed by atoms with E-state index in [1.54, 1.807) is 12.1 Å². The molecule has 0 aliphatic carbocycles. The molecular formula is C58H37F2NO. The van der Waals surface area contributed by atoms with Crippen molar-refractivity contribution in [2.45, 2.75) is 0 Å². The van der Waals surface area contributed by atoms with Gasteiger partial charge < -0.3 is 9.32 Å². The second-order valence-corrected chi connectivity index (χ2v) is 15.5. The van der Waals surface area contributed by atoms with E-state index in [9.17, 15) is 0 Å². The average Bonchev–Trinajstić information content (AvgIpc) is 3.75. The minimum atomic E-state index is -0.371. The molecule has 62 heavy (non-hydrogen) atoms. The number of furan rings is 1. The lowest BCUT2D eigenvalue weighted by molar-refractivity contribution is 0.625. The number of hydrogen-bond acceptors (Lipinski definition) is 2. The van der Waals surface area contributed by atoms with Gasteiger partial charge in [0.2, 0.25) is 0 Å². The van der Waals surface area contributed by atoms with E-state index >= 15 is 8.78 Å². The van der Waals surface area contributed by atoms with Gasteiger partial charge in [-0.3, -0.25) is 0 Å². The summed E-state index contributed by atoms with van der Waals surface area (Å²) in [6.45, 7) is 0. The van der Waals surface area contributed by atoms with Crippen molar-refractivity contribution in [3.8, 4) is 55.8 Å². The SMILES string of the molecule is Fc1ccc2c3cc(-c4ccc(N(c5ccc(-c6ccccc6)cc5)c5ccc(-c6ccccc6)cc5)cc4)c(F)cc3c3c(-c4ccccc4)c(-c4ccccc4)oc3c2c1. The number of anilines is 3. The maximum absolute atomic E-state index is 16.9. The summed E-state index contributed by atoms with van der Waals surface area (Å²) in [4.78, 5) is 2.22. The van der Waals surface area contributed by atoms with Gasteiger partial charge >= 0.3 is 0 Å². The third-order valence-corrected chi connectivity index (χ3v) is 11.8. The standard InChI is InChI=1S/C58H37F2NO/c59-45-27-34-49-51-36-50(54(60)37-52(51)56-55(43-17-9-3-10-18-43)57(44-19-11-4-12-20-44)62-58(56)53(49)35-45)42-25-32-48(33-26-42)61(46-28-21-40(22-29-46)38-13-5-1-6-14-38)47-30-23-41(24-31-47)39-15-7-2-8-16-39/h1-37H. The van der Waals surface area contributed by atoms with E-state index < -0.39 is 0 Å². The highest BCUT2D eigenvalue weighted by Gasteiger charge is 2.24. The smallest absolute Gasteiger partial charge is 0.144 e. The van der Waals surface area contributed by atoms with Crippen LogP contribution in [0.25, 0.3) is 88.3 Å². The van der Waals surface area contributed by atoms with Crippen LogP contribution in [0.4, 0.5) is 25.8 Å². The molecule has 0 saturated heterocycles. The summed E-state index contributed by atoms with van der Waals surface area (Å²) in [6.07, 6.45) is 0. The van der Waals surface area contributed by atoms with Gasteiger partial charge in [-0.15, -0.1) is 0 Å². The molecule has 11 rings (SSSR count). The molecule has 0 N–H and O–H groups in total. The van der Waals surface area contributed by atoms with Gasteiger partial charge in [-0.1, -0.05) is 164 Å². The summed E-state index contributed by atoms with van der Waals surface area (Å²) in [5.74, 6) is -0.0813. The quantitative estimate of drug-likeness (QED) is 0.142. The topological polar surface area (TPSA) is 16.4 Å². The van der Waals surface area contributed by atoms with Crippen LogP contribution in [-0.4, -0.2) is 0 Å². The number of hydrogen-bond donors (Lipinski definition) is 0. The molecule has 0 radical (unpaired) electrons. The summed E-state index contributed by atoms with van der Waals surface area (Å²) in [6, 6.07) is 74.1. The molecular weight excluding hydrogens is 765 g/mol. The van der Waals surface area contributed by atoms with Gasteiger partial charge in [0.25, 0.3) is 0 Å². The molecule has 2 nitrogen and oxygen atoms in total. The van der Waals surface area contributed by atoms with Crippen molar-refractivity contribution in [3.63, 3.8) is 0 Å². The van der Waals surface area contributed by atoms with Gasteiger partial charge in [0.15, 0.2) is 0 Å². The van der Waals surface area contributed by atoms with E-state index in [2.05, 4.69) is 77.7 Å². The van der Waals surface area contributed by atoms with Crippen LogP contribution in [0.1, 0.15) is 0 Å². The molecule has 1 heterocycles. The molecule has 0 atom stereocenters. The summed E-state index contributed by atoms with van der Waals surface area (Å²) in [5, 5.41) is 3.67. The molecule has 0 bridgehead atoms. The van der Waals surface area contributed by atoms with Gasteiger partial charge in [-0.05, 0) is 110 Å². The molecule has 0 fully saturated rings. The fourth-order valence-electron chi connectivity index (χ4n) is 8.82. The Morgan fingerprint density at radius 3 is 1.31 bits per heavy atom. The minimum Gasteiger partial charge on any atom is -0.455 e. The summed E-state index contributed by atoms with van der Waals surface area (Å²) < 4.78 is 38.8. The van der Waals surface area contributed by atoms with Crippen molar-refractivity contribution in [2.75, 3.05) is 4.90 Å². The highest BCUT2D eigenvalue weighted by Crippen LogP contribution is 2.48. The number of fused-ring (bicyclic) bond motifs is 6. The number of nitrogens with zero attached hydrogens (tertiary/aromatic N) is 1. The summed E-state index contributed by atoms with van der Waals surface area (Å²) in [5.41, 5.74) is 11.8. The maximum Gasteiger partial charge on any atom is 0.144 e. The summed E-state index contributed by atoms with van der Waals surface area (Å²) in [7, 11) is 0. The average molecular weight is 802 g/mol. The molecule has 4 heteroatoms. The first-order chi connectivity index (χ1) is 30.6. The first-order valence-electron chi connectivity index (χ1n) is 20.7. The van der Waals surface area contributed by atoms with Crippen molar-refractivity contribution in [2.24, 2.45) is 0 Å². The van der Waals surface area contributed by atoms with Crippen molar-refractivity contribution in [1.82, 2.24) is 0 Å². The molecule has 0 amide bonds. The van der Waals surface area contributed by atoms with E-state index in [-0.39, 0.29) is 11.6 Å². The second-order valence-electron chi connectivity index (χ2n) is 15.5. The van der Waals surface area contributed by atoms with E-state index in [0.29, 0.717) is 27.7 Å². The Morgan fingerprint density at radius 2 is 0.790 bits per heavy atom. The van der Waals surface area contributed by atoms with Crippen molar-refractivity contribution >= 4 is 49.6 Å². The van der Waals surface area contributed by atoms with Crippen LogP contribution < -0.4 is 4.90 Å². The Hall–Kier alpha value is -8.08. The fraction of sp³-hybridized carbons (Fsp3) is 0. The van der Waals surface area contributed by atoms with Crippen LogP contribution in [0.5, 0.6) is 0 Å². The van der Waals surface area contributed by atoms with Gasteiger partial charge in [0, 0.05) is 44.5 Å². The predicted molar refractivity (Wildman–Crippen MR) is 253 cm³/mol. The summed E-state index contributed by atoms with van der Waals surface area (Å²) >= 11 is 0. The Labute approximate surface area is 358 Å². The zero-order valence-electron chi connectivity index (χ0n) is 33.5. The Bertz CT molecular complexity index is 3280. The Kier molecular flexibility index (Phi) is 9.24. The molecule has 1 aromatic heterocycles. The molecule has 11 aromatic rings. The molecule has 0 unspecified atom stereocenters.